The first-order valence-corrected chi connectivity index (χ1v) is 16.2. The van der Waals surface area contributed by atoms with E-state index in [1.54, 1.807) is 0 Å². The van der Waals surface area contributed by atoms with Crippen molar-refractivity contribution in [3.8, 4) is 0 Å². The van der Waals surface area contributed by atoms with Crippen molar-refractivity contribution < 1.29 is 51.2 Å². The summed E-state index contributed by atoms with van der Waals surface area (Å²) in [6, 6.07) is 0. The first-order chi connectivity index (χ1) is 21.4. The number of H-pyrrole nitrogens is 1. The van der Waals surface area contributed by atoms with Crippen LogP contribution in [-0.2, 0) is 41.2 Å². The number of rotatable bonds is 3. The summed E-state index contributed by atoms with van der Waals surface area (Å²) < 4.78 is 68.5. The molecule has 0 amide bonds. The van der Waals surface area contributed by atoms with Crippen LogP contribution in [0.15, 0.2) is 23.8 Å². The Hall–Kier alpha value is -3.40. The van der Waals surface area contributed by atoms with E-state index in [4.69, 9.17) is 43.6 Å². The minimum Gasteiger partial charge on any atom is -0.386 e. The second-order valence-corrected chi connectivity index (χ2v) is 13.3. The SMILES string of the molecule is COP1(=O)OCC2O[C@@H](n3cnc4c(=O)[nH]c(N)nc43)C[C@@H]2OP(=O)(O)OCC2O[C@@H](n3cnc4c(N)ncnc43)[C@H](O)[C@@H]2O1. The van der Waals surface area contributed by atoms with Gasteiger partial charge < -0.3 is 30.9 Å². The summed E-state index contributed by atoms with van der Waals surface area (Å²) in [7, 11) is -8.22. The van der Waals surface area contributed by atoms with Crippen molar-refractivity contribution in [1.82, 2.24) is 39.0 Å². The Balaban J connectivity index is 1.17. The number of hydrogen-bond donors (Lipinski definition) is 5. The van der Waals surface area contributed by atoms with Crippen LogP contribution in [0.25, 0.3) is 22.3 Å². The first kappa shape index (κ1) is 30.3. The van der Waals surface area contributed by atoms with Gasteiger partial charge in [-0.1, -0.05) is 0 Å². The number of aliphatic hydroxyl groups excluding tert-OH is 1. The van der Waals surface area contributed by atoms with Crippen LogP contribution in [0.1, 0.15) is 18.9 Å². The van der Waals surface area contributed by atoms with Gasteiger partial charge in [-0.2, -0.15) is 4.98 Å². The van der Waals surface area contributed by atoms with Crippen LogP contribution in [0.2, 0.25) is 0 Å². The molecule has 4 aromatic heterocycles. The zero-order chi connectivity index (χ0) is 31.7. The van der Waals surface area contributed by atoms with Gasteiger partial charge in [-0.15, -0.1) is 0 Å². The minimum absolute atomic E-state index is 0.0210. The summed E-state index contributed by atoms with van der Waals surface area (Å²) in [5.41, 5.74) is 11.5. The van der Waals surface area contributed by atoms with Crippen molar-refractivity contribution in [1.29, 1.82) is 0 Å². The molecule has 0 bridgehead atoms. The number of anilines is 2. The Labute approximate surface area is 250 Å². The van der Waals surface area contributed by atoms with Crippen LogP contribution >= 0.6 is 15.6 Å². The van der Waals surface area contributed by atoms with Crippen molar-refractivity contribution in [3.63, 3.8) is 0 Å². The molecule has 4 unspecified atom stereocenters. The van der Waals surface area contributed by atoms with Crippen molar-refractivity contribution in [2.24, 2.45) is 0 Å². The third-order valence-electron chi connectivity index (χ3n) is 7.45. The summed E-state index contributed by atoms with van der Waals surface area (Å²) >= 11 is 0. The zero-order valence-corrected chi connectivity index (χ0v) is 24.8. The second kappa shape index (κ2) is 11.1. The molecule has 22 nitrogen and oxygen atoms in total. The number of nitrogen functional groups attached to an aromatic ring is 2. The number of phosphoric ester groups is 2. The van der Waals surface area contributed by atoms with Gasteiger partial charge in [0.05, 0.1) is 25.9 Å². The molecule has 7 rings (SSSR count). The van der Waals surface area contributed by atoms with E-state index in [-0.39, 0.29) is 40.5 Å². The van der Waals surface area contributed by atoms with Crippen LogP contribution in [0.3, 0.4) is 0 Å². The lowest BCUT2D eigenvalue weighted by atomic mass is 10.1. The fourth-order valence-electron chi connectivity index (χ4n) is 5.37. The molecule has 0 spiro atoms. The number of nitrogens with one attached hydrogen (secondary N) is 1. The number of fused-ring (bicyclic) bond motifs is 4. The highest BCUT2D eigenvalue weighted by Gasteiger charge is 2.52. The van der Waals surface area contributed by atoms with E-state index in [9.17, 15) is 23.9 Å². The molecular weight excluding hydrogens is 646 g/mol. The zero-order valence-electron chi connectivity index (χ0n) is 23.1. The molecule has 0 saturated carbocycles. The Kier molecular flexibility index (Phi) is 7.49. The molecule has 0 aliphatic carbocycles. The lowest BCUT2D eigenvalue weighted by Crippen LogP contribution is -2.37. The molecule has 45 heavy (non-hydrogen) atoms. The number of nitrogens with two attached hydrogens (primary N) is 2. The van der Waals surface area contributed by atoms with Crippen LogP contribution in [0.4, 0.5) is 11.8 Å². The van der Waals surface area contributed by atoms with Crippen molar-refractivity contribution in [2.75, 3.05) is 31.8 Å². The highest BCUT2D eigenvalue weighted by molar-refractivity contribution is 7.48. The quantitative estimate of drug-likeness (QED) is 0.169. The standard InChI is InChI=1S/C21H26N10O12P2/c1-37-45(36)39-3-9-8(2-11(40-9)30-6-27-13-18(30)28-21(23)29-19(13)33)42-44(34,35)38-4-10-15(43-45)14(32)20(41-10)31-7-26-12-16(22)24-5-25-17(12)31/h5-11,14-15,20,32H,2-4H2,1H3,(H,34,35)(H2,22,24,25)(H3,23,28,29,33)/t8-,9?,10?,11+,14+,15+,20+,45?/m0/s1. The molecule has 242 valence electrons. The van der Waals surface area contributed by atoms with Crippen molar-refractivity contribution >= 4 is 49.7 Å². The summed E-state index contributed by atoms with van der Waals surface area (Å²) in [4.78, 5) is 45.5. The maximum absolute atomic E-state index is 13.6. The minimum atomic E-state index is -4.83. The molecule has 9 atom stereocenters. The van der Waals surface area contributed by atoms with Crippen LogP contribution in [0.5, 0.6) is 0 Å². The van der Waals surface area contributed by atoms with E-state index in [0.29, 0.717) is 0 Å². The van der Waals surface area contributed by atoms with E-state index in [1.165, 1.54) is 28.1 Å². The third kappa shape index (κ3) is 5.42. The number of nitrogens with zero attached hydrogens (tertiary/aromatic N) is 7. The van der Waals surface area contributed by atoms with Crippen molar-refractivity contribution in [2.45, 2.75) is 49.4 Å². The van der Waals surface area contributed by atoms with Gasteiger partial charge in [0.25, 0.3) is 5.56 Å². The summed E-state index contributed by atoms with van der Waals surface area (Å²) in [6.45, 7) is -1.20. The van der Waals surface area contributed by atoms with E-state index in [0.717, 1.165) is 7.11 Å². The lowest BCUT2D eigenvalue weighted by Gasteiger charge is -2.28. The molecule has 0 radical (unpaired) electrons. The number of aromatic amines is 1. The molecule has 3 aliphatic heterocycles. The Morgan fingerprint density at radius 3 is 2.53 bits per heavy atom. The van der Waals surface area contributed by atoms with E-state index >= 15 is 0 Å². The molecule has 3 fully saturated rings. The van der Waals surface area contributed by atoms with Gasteiger partial charge in [-0.3, -0.25) is 41.5 Å². The van der Waals surface area contributed by atoms with Crippen LogP contribution in [0, 0.1) is 0 Å². The van der Waals surface area contributed by atoms with Gasteiger partial charge in [-0.05, 0) is 0 Å². The van der Waals surface area contributed by atoms with Gasteiger partial charge in [0.2, 0.25) is 5.95 Å². The molecule has 4 aromatic rings. The maximum Gasteiger partial charge on any atom is 0.475 e. The average Bonchev–Trinajstić information content (AvgIpc) is 3.76. The predicted octanol–water partition coefficient (Wildman–Crippen LogP) is -0.658. The molecule has 24 heteroatoms. The number of ether oxygens (including phenoxy) is 2. The summed E-state index contributed by atoms with van der Waals surface area (Å²) in [6.07, 6.45) is -5.16. The first-order valence-electron chi connectivity index (χ1n) is 13.2. The highest BCUT2D eigenvalue weighted by atomic mass is 31.2. The van der Waals surface area contributed by atoms with E-state index in [2.05, 4.69) is 29.9 Å². The third-order valence-corrected chi connectivity index (χ3v) is 9.88. The molecule has 7 heterocycles. The summed E-state index contributed by atoms with van der Waals surface area (Å²) in [5.74, 6) is -0.0844. The van der Waals surface area contributed by atoms with E-state index in [1.807, 2.05) is 0 Å². The number of aliphatic hydroxyl groups is 1. The largest absolute Gasteiger partial charge is 0.475 e. The van der Waals surface area contributed by atoms with Gasteiger partial charge in [0.1, 0.15) is 48.6 Å². The normalized spacial score (nSPS) is 36.0. The molecule has 3 saturated heterocycles. The fourth-order valence-corrected chi connectivity index (χ4v) is 7.47. The summed E-state index contributed by atoms with van der Waals surface area (Å²) in [5, 5.41) is 11.3. The molecule has 3 aliphatic rings. The molecule has 0 aromatic carbocycles. The number of phosphoric acid groups is 2. The van der Waals surface area contributed by atoms with Gasteiger partial charge in [0.15, 0.2) is 28.9 Å². The second-order valence-electron chi connectivity index (χ2n) is 10.2. The number of imidazole rings is 2. The van der Waals surface area contributed by atoms with Gasteiger partial charge >= 0.3 is 15.6 Å². The Bertz CT molecular complexity index is 1920. The topological polar surface area (TPSA) is 298 Å². The Morgan fingerprint density at radius 1 is 0.978 bits per heavy atom. The van der Waals surface area contributed by atoms with Crippen LogP contribution < -0.4 is 17.0 Å². The van der Waals surface area contributed by atoms with Crippen molar-refractivity contribution in [3.05, 3.63) is 29.3 Å². The fraction of sp³-hybridized carbons (Fsp3) is 0.524. The smallest absolute Gasteiger partial charge is 0.386 e. The molecular formula is C21H26N10O12P2. The average molecular weight is 672 g/mol. The van der Waals surface area contributed by atoms with Crippen LogP contribution in [-0.4, -0.2) is 99.9 Å². The predicted molar refractivity (Wildman–Crippen MR) is 147 cm³/mol. The van der Waals surface area contributed by atoms with E-state index < -0.39 is 77.4 Å². The Morgan fingerprint density at radius 2 is 1.73 bits per heavy atom. The number of aromatic nitrogens is 8. The number of hydrogen-bond acceptors (Lipinski definition) is 18. The van der Waals surface area contributed by atoms with Gasteiger partial charge in [-0.25, -0.2) is 29.1 Å². The monoisotopic (exact) mass is 672 g/mol. The molecule has 7 N–H and O–H groups in total. The maximum atomic E-state index is 13.6. The lowest BCUT2D eigenvalue weighted by molar-refractivity contribution is -0.0673. The van der Waals surface area contributed by atoms with Gasteiger partial charge in [0, 0.05) is 13.5 Å². The highest BCUT2D eigenvalue weighted by Crippen LogP contribution is 2.55.